The maximum Gasteiger partial charge on any atom is 0.255 e. The number of hydrogen-bond donors (Lipinski definition) is 2. The fraction of sp³-hybridized carbons (Fsp3) is 0.625. The molecule has 1 aromatic heterocycles. The van der Waals surface area contributed by atoms with Crippen molar-refractivity contribution < 1.29 is 9.18 Å². The molecule has 5 heteroatoms. The Bertz CT molecular complexity index is 412. The van der Waals surface area contributed by atoms with Crippen LogP contribution in [0.25, 0.3) is 0 Å². The number of aromatic nitrogens is 1. The first-order valence-corrected chi connectivity index (χ1v) is 7.80. The van der Waals surface area contributed by atoms with Crippen LogP contribution in [0.3, 0.4) is 0 Å². The largest absolute Gasteiger partial charge is 0.383 e. The molecule has 0 bridgehead atoms. The molecule has 1 rings (SSSR count). The fourth-order valence-corrected chi connectivity index (χ4v) is 2.19. The number of nitrogens with zero attached hydrogens (tertiary/aromatic N) is 1. The number of nitrogens with two attached hydrogens (primary N) is 1. The van der Waals surface area contributed by atoms with E-state index in [0.717, 1.165) is 25.7 Å². The molecule has 0 spiro atoms. The van der Waals surface area contributed by atoms with Gasteiger partial charge in [-0.1, -0.05) is 38.5 Å². The monoisotopic (exact) mass is 295 g/mol. The number of amides is 1. The number of rotatable bonds is 11. The van der Waals surface area contributed by atoms with Gasteiger partial charge < -0.3 is 11.1 Å². The summed E-state index contributed by atoms with van der Waals surface area (Å²) in [5, 5.41) is 2.86. The van der Waals surface area contributed by atoms with E-state index in [1.807, 2.05) is 0 Å². The summed E-state index contributed by atoms with van der Waals surface area (Å²) in [4.78, 5) is 15.7. The second kappa shape index (κ2) is 11.1. The minimum atomic E-state index is -0.193. The van der Waals surface area contributed by atoms with Crippen molar-refractivity contribution in [1.29, 1.82) is 0 Å². The van der Waals surface area contributed by atoms with Gasteiger partial charge in [-0.15, -0.1) is 0 Å². The van der Waals surface area contributed by atoms with Gasteiger partial charge in [0.05, 0.1) is 12.2 Å². The number of carbonyl (C=O) groups excluding carboxylic acids is 1. The highest BCUT2D eigenvalue weighted by atomic mass is 19.1. The van der Waals surface area contributed by atoms with Crippen LogP contribution in [-0.4, -0.2) is 24.1 Å². The topological polar surface area (TPSA) is 68.0 Å². The zero-order valence-electron chi connectivity index (χ0n) is 12.6. The van der Waals surface area contributed by atoms with Crippen LogP contribution in [0.5, 0.6) is 0 Å². The quantitative estimate of drug-likeness (QED) is 0.614. The van der Waals surface area contributed by atoms with Crippen LogP contribution < -0.4 is 11.1 Å². The number of nitrogen functional groups attached to an aromatic ring is 1. The summed E-state index contributed by atoms with van der Waals surface area (Å²) in [6.45, 7) is 0.468. The average molecular weight is 295 g/mol. The number of alkyl halides is 1. The van der Waals surface area contributed by atoms with Crippen LogP contribution in [-0.2, 0) is 0 Å². The summed E-state index contributed by atoms with van der Waals surface area (Å²) >= 11 is 0. The van der Waals surface area contributed by atoms with Gasteiger partial charge in [0.1, 0.15) is 5.82 Å². The molecule has 0 aliphatic heterocycles. The van der Waals surface area contributed by atoms with Crippen LogP contribution >= 0.6 is 0 Å². The molecule has 0 saturated heterocycles. The van der Waals surface area contributed by atoms with Gasteiger partial charge in [0.25, 0.3) is 5.91 Å². The summed E-state index contributed by atoms with van der Waals surface area (Å²) < 4.78 is 11.9. The van der Waals surface area contributed by atoms with Crippen LogP contribution in [0.15, 0.2) is 18.3 Å². The summed E-state index contributed by atoms with van der Waals surface area (Å²) in [6, 6.07) is 3.38. The molecule has 0 unspecified atom stereocenters. The lowest BCUT2D eigenvalue weighted by Crippen LogP contribution is -2.25. The van der Waals surface area contributed by atoms with Gasteiger partial charge in [0.15, 0.2) is 0 Å². The molecule has 0 fully saturated rings. The van der Waals surface area contributed by atoms with E-state index in [1.165, 1.54) is 19.3 Å². The van der Waals surface area contributed by atoms with E-state index in [1.54, 1.807) is 18.3 Å². The normalized spacial score (nSPS) is 10.5. The summed E-state index contributed by atoms with van der Waals surface area (Å²) in [6.07, 6.45) is 10.0. The highest BCUT2D eigenvalue weighted by molar-refractivity contribution is 5.98. The minimum absolute atomic E-state index is 0.160. The molecule has 1 amide bonds. The Morgan fingerprint density at radius 2 is 1.71 bits per heavy atom. The van der Waals surface area contributed by atoms with Crippen molar-refractivity contribution in [3.05, 3.63) is 23.9 Å². The van der Waals surface area contributed by atoms with Crippen molar-refractivity contribution in [2.75, 3.05) is 19.0 Å². The molecule has 0 radical (unpaired) electrons. The van der Waals surface area contributed by atoms with E-state index in [0.29, 0.717) is 18.5 Å². The molecule has 1 aromatic rings. The molecule has 0 aliphatic carbocycles. The van der Waals surface area contributed by atoms with Crippen molar-refractivity contribution in [3.8, 4) is 0 Å². The standard InChI is InChI=1S/C16H26FN3O/c17-11-7-5-3-1-2-4-6-8-12-20-16(21)14-10-9-13-19-15(14)18/h9-10,13H,1-8,11-12H2,(H2,18,19)(H,20,21). The molecule has 0 atom stereocenters. The van der Waals surface area contributed by atoms with Gasteiger partial charge >= 0.3 is 0 Å². The van der Waals surface area contributed by atoms with E-state index in [2.05, 4.69) is 10.3 Å². The van der Waals surface area contributed by atoms with Crippen molar-refractivity contribution in [3.63, 3.8) is 0 Å². The van der Waals surface area contributed by atoms with Gasteiger partial charge in [-0.2, -0.15) is 0 Å². The molecular formula is C16H26FN3O. The van der Waals surface area contributed by atoms with E-state index < -0.39 is 0 Å². The Kier molecular flexibility index (Phi) is 9.16. The van der Waals surface area contributed by atoms with Gasteiger partial charge in [0, 0.05) is 12.7 Å². The number of nitrogens with one attached hydrogen (secondary N) is 1. The van der Waals surface area contributed by atoms with E-state index in [4.69, 9.17) is 5.73 Å². The van der Waals surface area contributed by atoms with Gasteiger partial charge in [-0.05, 0) is 25.0 Å². The lowest BCUT2D eigenvalue weighted by atomic mass is 10.1. The van der Waals surface area contributed by atoms with Crippen LogP contribution in [0.1, 0.15) is 61.7 Å². The Morgan fingerprint density at radius 3 is 2.33 bits per heavy atom. The number of pyridine rings is 1. The maximum absolute atomic E-state index is 11.9. The molecule has 0 saturated carbocycles. The van der Waals surface area contributed by atoms with Crippen LogP contribution in [0.2, 0.25) is 0 Å². The van der Waals surface area contributed by atoms with Gasteiger partial charge in [0.2, 0.25) is 0 Å². The first-order valence-electron chi connectivity index (χ1n) is 7.80. The SMILES string of the molecule is Nc1ncccc1C(=O)NCCCCCCCCCCF. The Labute approximate surface area is 126 Å². The van der Waals surface area contributed by atoms with Crippen molar-refractivity contribution in [1.82, 2.24) is 10.3 Å². The average Bonchev–Trinajstić information content (AvgIpc) is 2.49. The smallest absolute Gasteiger partial charge is 0.255 e. The molecule has 0 aliphatic rings. The van der Waals surface area contributed by atoms with Crippen molar-refractivity contribution in [2.24, 2.45) is 0 Å². The number of carbonyl (C=O) groups is 1. The molecule has 21 heavy (non-hydrogen) atoms. The number of halogens is 1. The van der Waals surface area contributed by atoms with Gasteiger partial charge in [-0.25, -0.2) is 4.98 Å². The van der Waals surface area contributed by atoms with Crippen molar-refractivity contribution >= 4 is 11.7 Å². The lowest BCUT2D eigenvalue weighted by molar-refractivity contribution is 0.0953. The zero-order chi connectivity index (χ0) is 15.3. The molecule has 118 valence electrons. The van der Waals surface area contributed by atoms with E-state index in [-0.39, 0.29) is 18.4 Å². The highest BCUT2D eigenvalue weighted by Crippen LogP contribution is 2.09. The van der Waals surface area contributed by atoms with Crippen molar-refractivity contribution in [2.45, 2.75) is 51.4 Å². The predicted molar refractivity (Wildman–Crippen MR) is 83.9 cm³/mol. The fourth-order valence-electron chi connectivity index (χ4n) is 2.19. The predicted octanol–water partition coefficient (Wildman–Crippen LogP) is 3.48. The van der Waals surface area contributed by atoms with Gasteiger partial charge in [-0.3, -0.25) is 9.18 Å². The third-order valence-electron chi connectivity index (χ3n) is 3.43. The second-order valence-corrected chi connectivity index (χ2v) is 5.21. The Balaban J connectivity index is 1.99. The van der Waals surface area contributed by atoms with E-state index >= 15 is 0 Å². The molecular weight excluding hydrogens is 269 g/mol. The third kappa shape index (κ3) is 7.63. The molecule has 0 aromatic carbocycles. The number of unbranched alkanes of at least 4 members (excludes halogenated alkanes) is 7. The first kappa shape index (κ1) is 17.4. The number of hydrogen-bond acceptors (Lipinski definition) is 3. The van der Waals surface area contributed by atoms with E-state index in [9.17, 15) is 9.18 Å². The molecule has 1 heterocycles. The Hall–Kier alpha value is -1.65. The second-order valence-electron chi connectivity index (χ2n) is 5.21. The summed E-state index contributed by atoms with van der Waals surface area (Å²) in [5.74, 6) is 0.107. The summed E-state index contributed by atoms with van der Waals surface area (Å²) in [7, 11) is 0. The Morgan fingerprint density at radius 1 is 1.10 bits per heavy atom. The number of anilines is 1. The maximum atomic E-state index is 11.9. The van der Waals surface area contributed by atoms with Crippen LogP contribution in [0.4, 0.5) is 10.2 Å². The third-order valence-corrected chi connectivity index (χ3v) is 3.43. The molecule has 3 N–H and O–H groups in total. The van der Waals surface area contributed by atoms with Crippen LogP contribution in [0, 0.1) is 0 Å². The lowest BCUT2D eigenvalue weighted by Gasteiger charge is -2.06. The minimum Gasteiger partial charge on any atom is -0.383 e. The molecule has 4 nitrogen and oxygen atoms in total. The highest BCUT2D eigenvalue weighted by Gasteiger charge is 2.08. The zero-order valence-corrected chi connectivity index (χ0v) is 12.6. The summed E-state index contributed by atoms with van der Waals surface area (Å²) in [5.41, 5.74) is 6.08. The first-order chi connectivity index (χ1) is 10.3.